The molecule has 0 bridgehead atoms. The van der Waals surface area contributed by atoms with E-state index in [9.17, 15) is 18.0 Å². The molecule has 1 amide bonds. The Bertz CT molecular complexity index is 225. The van der Waals surface area contributed by atoms with Gasteiger partial charge >= 0.3 is 12.3 Å². The SMILES string of the molecule is O=C(NCC1CCCCC1)OCC(F)(F)F. The van der Waals surface area contributed by atoms with Crippen LogP contribution in [-0.2, 0) is 4.74 Å². The number of amides is 1. The van der Waals surface area contributed by atoms with Crippen molar-refractivity contribution in [3.63, 3.8) is 0 Å². The van der Waals surface area contributed by atoms with E-state index in [2.05, 4.69) is 10.1 Å². The van der Waals surface area contributed by atoms with Gasteiger partial charge in [0.1, 0.15) is 0 Å². The standard InChI is InChI=1S/C10H16F3NO2/c11-10(12,13)7-16-9(15)14-6-8-4-2-1-3-5-8/h8H,1-7H2,(H,14,15). The smallest absolute Gasteiger partial charge is 0.422 e. The van der Waals surface area contributed by atoms with Crippen LogP contribution in [0.15, 0.2) is 0 Å². The van der Waals surface area contributed by atoms with E-state index < -0.39 is 18.9 Å². The minimum absolute atomic E-state index is 0.382. The van der Waals surface area contributed by atoms with E-state index in [-0.39, 0.29) is 0 Å². The van der Waals surface area contributed by atoms with Crippen LogP contribution in [0.4, 0.5) is 18.0 Å². The Balaban J connectivity index is 2.09. The molecule has 16 heavy (non-hydrogen) atoms. The van der Waals surface area contributed by atoms with Crippen molar-refractivity contribution in [2.75, 3.05) is 13.2 Å². The number of ether oxygens (including phenoxy) is 1. The molecular weight excluding hydrogens is 223 g/mol. The third kappa shape index (κ3) is 5.82. The second-order valence-electron chi connectivity index (χ2n) is 4.08. The summed E-state index contributed by atoms with van der Waals surface area (Å²) in [7, 11) is 0. The number of halogens is 3. The molecule has 0 aromatic rings. The van der Waals surface area contributed by atoms with Crippen molar-refractivity contribution in [3.05, 3.63) is 0 Å². The lowest BCUT2D eigenvalue weighted by molar-refractivity contribution is -0.160. The zero-order valence-electron chi connectivity index (χ0n) is 8.98. The zero-order valence-corrected chi connectivity index (χ0v) is 8.98. The first kappa shape index (κ1) is 13.1. The highest BCUT2D eigenvalue weighted by molar-refractivity contribution is 5.67. The number of nitrogens with one attached hydrogen (secondary N) is 1. The van der Waals surface area contributed by atoms with Gasteiger partial charge in [-0.25, -0.2) is 4.79 Å². The van der Waals surface area contributed by atoms with E-state index >= 15 is 0 Å². The molecule has 0 spiro atoms. The molecule has 0 atom stereocenters. The van der Waals surface area contributed by atoms with Crippen LogP contribution < -0.4 is 5.32 Å². The van der Waals surface area contributed by atoms with Gasteiger partial charge in [0, 0.05) is 6.54 Å². The van der Waals surface area contributed by atoms with E-state index in [0.717, 1.165) is 25.7 Å². The van der Waals surface area contributed by atoms with Crippen LogP contribution in [0.3, 0.4) is 0 Å². The fourth-order valence-corrected chi connectivity index (χ4v) is 1.82. The summed E-state index contributed by atoms with van der Waals surface area (Å²) in [6.45, 7) is -1.11. The van der Waals surface area contributed by atoms with Gasteiger partial charge in [-0.15, -0.1) is 0 Å². The Labute approximate surface area is 92.3 Å². The van der Waals surface area contributed by atoms with E-state index in [1.807, 2.05) is 0 Å². The molecule has 1 aliphatic rings. The summed E-state index contributed by atoms with van der Waals surface area (Å²) in [6, 6.07) is 0. The normalized spacial score (nSPS) is 18.2. The molecule has 1 N–H and O–H groups in total. The number of rotatable bonds is 3. The van der Waals surface area contributed by atoms with Crippen molar-refractivity contribution in [2.45, 2.75) is 38.3 Å². The topological polar surface area (TPSA) is 38.3 Å². The van der Waals surface area contributed by atoms with E-state index in [1.165, 1.54) is 6.42 Å². The molecule has 6 heteroatoms. The van der Waals surface area contributed by atoms with Crippen LogP contribution in [0.2, 0.25) is 0 Å². The quantitative estimate of drug-likeness (QED) is 0.822. The van der Waals surface area contributed by atoms with Crippen molar-refractivity contribution < 1.29 is 22.7 Å². The number of hydrogen-bond acceptors (Lipinski definition) is 2. The summed E-state index contributed by atoms with van der Waals surface area (Å²) >= 11 is 0. The second-order valence-corrected chi connectivity index (χ2v) is 4.08. The lowest BCUT2D eigenvalue weighted by Gasteiger charge is -2.21. The Hall–Kier alpha value is -0.940. The monoisotopic (exact) mass is 239 g/mol. The van der Waals surface area contributed by atoms with Crippen molar-refractivity contribution in [1.29, 1.82) is 0 Å². The average molecular weight is 239 g/mol. The minimum atomic E-state index is -4.46. The van der Waals surface area contributed by atoms with Crippen molar-refractivity contribution in [3.8, 4) is 0 Å². The van der Waals surface area contributed by atoms with Crippen LogP contribution in [0.5, 0.6) is 0 Å². The van der Waals surface area contributed by atoms with Crippen molar-refractivity contribution >= 4 is 6.09 Å². The molecule has 0 radical (unpaired) electrons. The third-order valence-corrected chi connectivity index (χ3v) is 2.63. The van der Waals surface area contributed by atoms with Crippen molar-refractivity contribution in [2.24, 2.45) is 5.92 Å². The summed E-state index contributed by atoms with van der Waals surface area (Å²) in [5, 5.41) is 2.36. The molecule has 0 heterocycles. The molecule has 3 nitrogen and oxygen atoms in total. The number of alkyl halides is 3. The summed E-state index contributed by atoms with van der Waals surface area (Å²) in [5.74, 6) is 0.382. The molecule has 1 rings (SSSR count). The predicted molar refractivity (Wildman–Crippen MR) is 52.0 cm³/mol. The maximum Gasteiger partial charge on any atom is 0.422 e. The lowest BCUT2D eigenvalue weighted by atomic mass is 9.89. The van der Waals surface area contributed by atoms with Gasteiger partial charge in [-0.2, -0.15) is 13.2 Å². The second kappa shape index (κ2) is 5.96. The lowest BCUT2D eigenvalue weighted by Crippen LogP contribution is -2.33. The summed E-state index contributed by atoms with van der Waals surface area (Å²) in [4.78, 5) is 10.9. The molecule has 94 valence electrons. The van der Waals surface area contributed by atoms with Gasteiger partial charge in [0.05, 0.1) is 0 Å². The van der Waals surface area contributed by atoms with E-state index in [4.69, 9.17) is 0 Å². The van der Waals surface area contributed by atoms with Gasteiger partial charge in [0.2, 0.25) is 0 Å². The fourth-order valence-electron chi connectivity index (χ4n) is 1.82. The molecule has 0 saturated heterocycles. The molecule has 1 aliphatic carbocycles. The largest absolute Gasteiger partial charge is 0.440 e. The third-order valence-electron chi connectivity index (χ3n) is 2.63. The average Bonchev–Trinajstić information content (AvgIpc) is 2.24. The summed E-state index contributed by atoms with van der Waals surface area (Å²) in [6.07, 6.45) is 0.0763. The highest BCUT2D eigenvalue weighted by Crippen LogP contribution is 2.22. The van der Waals surface area contributed by atoms with Crippen LogP contribution in [0.25, 0.3) is 0 Å². The zero-order chi connectivity index (χ0) is 12.0. The molecule has 0 unspecified atom stereocenters. The van der Waals surface area contributed by atoms with Crippen LogP contribution >= 0.6 is 0 Å². The van der Waals surface area contributed by atoms with E-state index in [0.29, 0.717) is 12.5 Å². The fraction of sp³-hybridized carbons (Fsp3) is 0.900. The maximum atomic E-state index is 11.7. The summed E-state index contributed by atoms with van der Waals surface area (Å²) < 4.78 is 39.1. The summed E-state index contributed by atoms with van der Waals surface area (Å²) in [5.41, 5.74) is 0. The van der Waals surface area contributed by atoms with Gasteiger partial charge in [-0.1, -0.05) is 19.3 Å². The molecule has 0 aromatic heterocycles. The highest BCUT2D eigenvalue weighted by atomic mass is 19.4. The molecule has 1 fully saturated rings. The van der Waals surface area contributed by atoms with Crippen LogP contribution in [-0.4, -0.2) is 25.4 Å². The van der Waals surface area contributed by atoms with E-state index in [1.54, 1.807) is 0 Å². The van der Waals surface area contributed by atoms with Gasteiger partial charge < -0.3 is 10.1 Å². The van der Waals surface area contributed by atoms with Gasteiger partial charge in [0.25, 0.3) is 0 Å². The minimum Gasteiger partial charge on any atom is -0.440 e. The molecule has 1 saturated carbocycles. The molecule has 0 aromatic carbocycles. The maximum absolute atomic E-state index is 11.7. The number of hydrogen-bond donors (Lipinski definition) is 1. The first-order valence-electron chi connectivity index (χ1n) is 5.45. The van der Waals surface area contributed by atoms with Crippen molar-refractivity contribution in [1.82, 2.24) is 5.32 Å². The predicted octanol–water partition coefficient (Wildman–Crippen LogP) is 2.86. The number of carbonyl (C=O) groups is 1. The highest BCUT2D eigenvalue weighted by Gasteiger charge is 2.29. The molecular formula is C10H16F3NO2. The first-order valence-corrected chi connectivity index (χ1v) is 5.45. The Morgan fingerprint density at radius 3 is 2.44 bits per heavy atom. The van der Waals surface area contributed by atoms with Gasteiger partial charge in [-0.3, -0.25) is 0 Å². The van der Waals surface area contributed by atoms with Crippen LogP contribution in [0, 0.1) is 5.92 Å². The number of alkyl carbamates (subject to hydrolysis) is 1. The Morgan fingerprint density at radius 2 is 1.88 bits per heavy atom. The molecule has 0 aliphatic heterocycles. The van der Waals surface area contributed by atoms with Crippen LogP contribution in [0.1, 0.15) is 32.1 Å². The number of carbonyl (C=O) groups excluding carboxylic acids is 1. The van der Waals surface area contributed by atoms with Gasteiger partial charge in [0.15, 0.2) is 6.61 Å². The first-order chi connectivity index (χ1) is 7.47. The Kier molecular flexibility index (Phi) is 4.89. The van der Waals surface area contributed by atoms with Gasteiger partial charge in [-0.05, 0) is 18.8 Å². The Morgan fingerprint density at radius 1 is 1.25 bits per heavy atom.